The van der Waals surface area contributed by atoms with Crippen molar-refractivity contribution >= 4 is 17.6 Å². The molecule has 0 unspecified atom stereocenters. The molecule has 0 atom stereocenters. The SMILES string of the molecule is O=C(O)Cc1cnc(F)c(C(F)F)c1Cl. The molecule has 0 aliphatic carbocycles. The Labute approximate surface area is 87.5 Å². The molecule has 0 saturated carbocycles. The maximum Gasteiger partial charge on any atom is 0.307 e. The molecule has 1 rings (SSSR count). The fourth-order valence-corrected chi connectivity index (χ4v) is 1.27. The first-order valence-corrected chi connectivity index (χ1v) is 4.14. The Morgan fingerprint density at radius 2 is 2.20 bits per heavy atom. The minimum absolute atomic E-state index is 0.138. The van der Waals surface area contributed by atoms with Crippen LogP contribution in [0.25, 0.3) is 0 Å². The zero-order valence-electron chi connectivity index (χ0n) is 7.18. The number of hydrogen-bond acceptors (Lipinski definition) is 2. The number of rotatable bonds is 3. The number of carboxylic acid groups (broad SMARTS) is 1. The summed E-state index contributed by atoms with van der Waals surface area (Å²) in [5.74, 6) is -2.64. The molecule has 0 aliphatic heterocycles. The predicted molar refractivity (Wildman–Crippen MR) is 45.5 cm³/mol. The zero-order chi connectivity index (χ0) is 11.6. The Morgan fingerprint density at radius 1 is 1.60 bits per heavy atom. The summed E-state index contributed by atoms with van der Waals surface area (Å²) in [6.45, 7) is 0. The van der Waals surface area contributed by atoms with Gasteiger partial charge in [0.1, 0.15) is 0 Å². The number of nitrogens with zero attached hydrogens (tertiary/aromatic N) is 1. The molecular formula is C8H5ClF3NO2. The van der Waals surface area contributed by atoms with Crippen LogP contribution in [0.2, 0.25) is 5.02 Å². The van der Waals surface area contributed by atoms with Crippen molar-refractivity contribution in [2.24, 2.45) is 0 Å². The summed E-state index contributed by atoms with van der Waals surface area (Å²) in [6.07, 6.45) is -2.87. The lowest BCUT2D eigenvalue weighted by Gasteiger charge is -2.07. The van der Waals surface area contributed by atoms with Crippen LogP contribution in [0.4, 0.5) is 13.2 Å². The number of hydrogen-bond donors (Lipinski definition) is 1. The number of pyridine rings is 1. The maximum absolute atomic E-state index is 12.8. The van der Waals surface area contributed by atoms with Gasteiger partial charge >= 0.3 is 5.97 Å². The summed E-state index contributed by atoms with van der Waals surface area (Å²) >= 11 is 5.43. The van der Waals surface area contributed by atoms with Crippen molar-refractivity contribution in [3.63, 3.8) is 0 Å². The first-order chi connectivity index (χ1) is 6.93. The van der Waals surface area contributed by atoms with E-state index in [4.69, 9.17) is 16.7 Å². The third-order valence-electron chi connectivity index (χ3n) is 1.63. The van der Waals surface area contributed by atoms with E-state index in [9.17, 15) is 18.0 Å². The van der Waals surface area contributed by atoms with Gasteiger partial charge in [0.2, 0.25) is 5.95 Å². The van der Waals surface area contributed by atoms with Crippen LogP contribution in [-0.4, -0.2) is 16.1 Å². The number of carbonyl (C=O) groups is 1. The molecule has 0 aliphatic rings. The normalized spacial score (nSPS) is 10.7. The highest BCUT2D eigenvalue weighted by Crippen LogP contribution is 2.31. The van der Waals surface area contributed by atoms with Crippen LogP contribution in [0.15, 0.2) is 6.20 Å². The molecular weight excluding hydrogens is 235 g/mol. The molecule has 3 nitrogen and oxygen atoms in total. The molecule has 0 bridgehead atoms. The number of aromatic nitrogens is 1. The Kier molecular flexibility index (Phi) is 3.52. The molecule has 7 heteroatoms. The van der Waals surface area contributed by atoms with E-state index in [-0.39, 0.29) is 5.56 Å². The van der Waals surface area contributed by atoms with Crippen molar-refractivity contribution in [1.82, 2.24) is 4.98 Å². The van der Waals surface area contributed by atoms with Gasteiger partial charge in [-0.2, -0.15) is 4.39 Å². The third-order valence-corrected chi connectivity index (χ3v) is 2.08. The minimum atomic E-state index is -3.13. The summed E-state index contributed by atoms with van der Waals surface area (Å²) in [5.41, 5.74) is -1.20. The van der Waals surface area contributed by atoms with E-state index >= 15 is 0 Å². The van der Waals surface area contributed by atoms with Crippen molar-refractivity contribution < 1.29 is 23.1 Å². The van der Waals surface area contributed by atoms with E-state index < -0.39 is 35.3 Å². The second-order valence-electron chi connectivity index (χ2n) is 2.67. The second-order valence-corrected chi connectivity index (χ2v) is 3.05. The molecule has 0 amide bonds. The van der Waals surface area contributed by atoms with Crippen molar-refractivity contribution in [2.75, 3.05) is 0 Å². The molecule has 1 heterocycles. The van der Waals surface area contributed by atoms with Gasteiger partial charge < -0.3 is 5.11 Å². The summed E-state index contributed by atoms with van der Waals surface area (Å²) in [4.78, 5) is 13.3. The van der Waals surface area contributed by atoms with Crippen LogP contribution >= 0.6 is 11.6 Å². The second kappa shape index (κ2) is 4.48. The number of carboxylic acids is 1. The number of aliphatic carboxylic acids is 1. The van der Waals surface area contributed by atoms with Gasteiger partial charge in [0.05, 0.1) is 17.0 Å². The van der Waals surface area contributed by atoms with Crippen LogP contribution in [-0.2, 0) is 11.2 Å². The molecule has 0 aromatic carbocycles. The van der Waals surface area contributed by atoms with E-state index in [1.54, 1.807) is 0 Å². The van der Waals surface area contributed by atoms with Gasteiger partial charge in [0.15, 0.2) is 0 Å². The van der Waals surface area contributed by atoms with Gasteiger partial charge in [0, 0.05) is 11.8 Å². The van der Waals surface area contributed by atoms with E-state index in [0.29, 0.717) is 0 Å². The molecule has 82 valence electrons. The Hall–Kier alpha value is -1.30. The molecule has 15 heavy (non-hydrogen) atoms. The largest absolute Gasteiger partial charge is 0.481 e. The smallest absolute Gasteiger partial charge is 0.307 e. The van der Waals surface area contributed by atoms with Crippen molar-refractivity contribution in [3.8, 4) is 0 Å². The average Bonchev–Trinajstić information content (AvgIpc) is 2.09. The topological polar surface area (TPSA) is 50.2 Å². The molecule has 0 fully saturated rings. The van der Waals surface area contributed by atoms with Gasteiger partial charge in [0.25, 0.3) is 6.43 Å². The highest BCUT2D eigenvalue weighted by molar-refractivity contribution is 6.32. The lowest BCUT2D eigenvalue weighted by atomic mass is 10.1. The van der Waals surface area contributed by atoms with Crippen LogP contribution < -0.4 is 0 Å². The number of alkyl halides is 2. The van der Waals surface area contributed by atoms with Crippen LogP contribution in [0.1, 0.15) is 17.6 Å². The average molecular weight is 240 g/mol. The van der Waals surface area contributed by atoms with Crippen LogP contribution in [0.3, 0.4) is 0 Å². The molecule has 1 aromatic rings. The van der Waals surface area contributed by atoms with Gasteiger partial charge in [-0.15, -0.1) is 0 Å². The molecule has 1 N–H and O–H groups in total. The Balaban J connectivity index is 3.22. The van der Waals surface area contributed by atoms with E-state index in [0.717, 1.165) is 6.20 Å². The van der Waals surface area contributed by atoms with Gasteiger partial charge in [-0.3, -0.25) is 4.79 Å². The summed E-state index contributed by atoms with van der Waals surface area (Å²) in [7, 11) is 0. The highest BCUT2D eigenvalue weighted by atomic mass is 35.5. The Bertz CT molecular complexity index is 398. The Morgan fingerprint density at radius 3 is 2.67 bits per heavy atom. The van der Waals surface area contributed by atoms with Gasteiger partial charge in [-0.1, -0.05) is 11.6 Å². The molecule has 0 radical (unpaired) electrons. The first-order valence-electron chi connectivity index (χ1n) is 3.76. The number of halogens is 4. The lowest BCUT2D eigenvalue weighted by molar-refractivity contribution is -0.136. The first kappa shape index (κ1) is 11.8. The fraction of sp³-hybridized carbons (Fsp3) is 0.250. The van der Waals surface area contributed by atoms with Crippen molar-refractivity contribution in [1.29, 1.82) is 0 Å². The molecule has 0 saturated heterocycles. The van der Waals surface area contributed by atoms with E-state index in [1.165, 1.54) is 0 Å². The summed E-state index contributed by atoms with van der Waals surface area (Å²) < 4.78 is 37.4. The lowest BCUT2D eigenvalue weighted by Crippen LogP contribution is -2.05. The van der Waals surface area contributed by atoms with Gasteiger partial charge in [-0.05, 0) is 0 Å². The van der Waals surface area contributed by atoms with E-state index in [2.05, 4.69) is 4.98 Å². The van der Waals surface area contributed by atoms with Gasteiger partial charge in [-0.25, -0.2) is 13.8 Å². The highest BCUT2D eigenvalue weighted by Gasteiger charge is 2.22. The fourth-order valence-electron chi connectivity index (χ4n) is 0.996. The standard InChI is InChI=1S/C8H5ClF3NO2/c9-6-3(1-4(14)15)2-13-8(12)5(6)7(10)11/h2,7H,1H2,(H,14,15). The maximum atomic E-state index is 12.8. The van der Waals surface area contributed by atoms with Crippen LogP contribution in [0.5, 0.6) is 0 Å². The minimum Gasteiger partial charge on any atom is -0.481 e. The predicted octanol–water partition coefficient (Wildman–Crippen LogP) is 2.44. The third kappa shape index (κ3) is 2.59. The quantitative estimate of drug-likeness (QED) is 0.824. The van der Waals surface area contributed by atoms with E-state index in [1.807, 2.05) is 0 Å². The zero-order valence-corrected chi connectivity index (χ0v) is 7.93. The summed E-state index contributed by atoms with van der Waals surface area (Å²) in [5, 5.41) is 7.84. The van der Waals surface area contributed by atoms with Crippen LogP contribution in [0, 0.1) is 5.95 Å². The molecule has 1 aromatic heterocycles. The molecule has 0 spiro atoms. The van der Waals surface area contributed by atoms with Crippen molar-refractivity contribution in [3.05, 3.63) is 28.3 Å². The summed E-state index contributed by atoms with van der Waals surface area (Å²) in [6, 6.07) is 0. The van der Waals surface area contributed by atoms with Crippen molar-refractivity contribution in [2.45, 2.75) is 12.8 Å². The monoisotopic (exact) mass is 239 g/mol.